The van der Waals surface area contributed by atoms with Gasteiger partial charge in [-0.25, -0.2) is 4.79 Å². The van der Waals surface area contributed by atoms with Gasteiger partial charge in [0.15, 0.2) is 0 Å². The minimum atomic E-state index is -4.51. The smallest absolute Gasteiger partial charge is 0.381 e. The lowest BCUT2D eigenvalue weighted by Gasteiger charge is -2.35. The molecule has 0 spiro atoms. The minimum Gasteiger partial charge on any atom is -0.381 e. The number of urea groups is 1. The van der Waals surface area contributed by atoms with Crippen molar-refractivity contribution in [1.82, 2.24) is 10.6 Å². The van der Waals surface area contributed by atoms with E-state index in [0.717, 1.165) is 0 Å². The Kier molecular flexibility index (Phi) is 5.51. The Morgan fingerprint density at radius 3 is 2.43 bits per heavy atom. The molecule has 4 nitrogen and oxygen atoms in total. The lowest BCUT2D eigenvalue weighted by atomic mass is 9.93. The van der Waals surface area contributed by atoms with Gasteiger partial charge in [0.1, 0.15) is 6.04 Å². The maximum Gasteiger partial charge on any atom is 0.408 e. The number of rotatable bonds is 4. The molecule has 0 aliphatic carbocycles. The van der Waals surface area contributed by atoms with Crippen LogP contribution in [0.2, 0.25) is 0 Å². The van der Waals surface area contributed by atoms with Crippen LogP contribution in [0.1, 0.15) is 25.3 Å². The lowest BCUT2D eigenvalue weighted by molar-refractivity contribution is -0.152. The average molecular weight is 330 g/mol. The normalized spacial score (nSPS) is 19.0. The first-order valence-corrected chi connectivity index (χ1v) is 7.56. The van der Waals surface area contributed by atoms with Crippen molar-refractivity contribution >= 4 is 6.03 Å². The van der Waals surface area contributed by atoms with Crippen molar-refractivity contribution in [1.29, 1.82) is 0 Å². The van der Waals surface area contributed by atoms with E-state index in [-0.39, 0.29) is 6.42 Å². The van der Waals surface area contributed by atoms with Crippen molar-refractivity contribution in [3.8, 4) is 0 Å². The second-order valence-corrected chi connectivity index (χ2v) is 6.06. The summed E-state index contributed by atoms with van der Waals surface area (Å²) in [4.78, 5) is 12.0. The minimum absolute atomic E-state index is 0.294. The van der Waals surface area contributed by atoms with Gasteiger partial charge < -0.3 is 15.4 Å². The fraction of sp³-hybridized carbons (Fsp3) is 0.562. The molecular weight excluding hydrogens is 309 g/mol. The second-order valence-electron chi connectivity index (χ2n) is 6.06. The van der Waals surface area contributed by atoms with Crippen LogP contribution in [0, 0.1) is 0 Å². The number of ether oxygens (including phenoxy) is 1. The highest BCUT2D eigenvalue weighted by Gasteiger charge is 2.41. The number of halogens is 3. The molecule has 1 aromatic carbocycles. The Bertz CT molecular complexity index is 514. The highest BCUT2D eigenvalue weighted by atomic mass is 19.4. The van der Waals surface area contributed by atoms with Gasteiger partial charge >= 0.3 is 12.2 Å². The molecule has 1 aliphatic heterocycles. The van der Waals surface area contributed by atoms with E-state index in [0.29, 0.717) is 31.6 Å². The lowest BCUT2D eigenvalue weighted by Crippen LogP contribution is -2.57. The maximum atomic E-state index is 13.2. The number of nitrogens with one attached hydrogen (secondary N) is 2. The van der Waals surface area contributed by atoms with Crippen LogP contribution in [0.5, 0.6) is 0 Å². The number of hydrogen-bond donors (Lipinski definition) is 2. The van der Waals surface area contributed by atoms with E-state index in [4.69, 9.17) is 4.74 Å². The van der Waals surface area contributed by atoms with Crippen molar-refractivity contribution < 1.29 is 22.7 Å². The van der Waals surface area contributed by atoms with Gasteiger partial charge in [0, 0.05) is 25.2 Å². The van der Waals surface area contributed by atoms with Gasteiger partial charge in [0.2, 0.25) is 0 Å². The largest absolute Gasteiger partial charge is 0.408 e. The molecule has 0 bridgehead atoms. The van der Waals surface area contributed by atoms with Gasteiger partial charge in [-0.1, -0.05) is 30.3 Å². The first-order chi connectivity index (χ1) is 10.8. The summed E-state index contributed by atoms with van der Waals surface area (Å²) in [5, 5.41) is 4.72. The number of carbonyl (C=O) groups is 1. The predicted octanol–water partition coefficient (Wildman–Crippen LogP) is 3.03. The third kappa shape index (κ3) is 5.42. The van der Waals surface area contributed by atoms with Crippen LogP contribution in [-0.2, 0) is 11.2 Å². The summed E-state index contributed by atoms with van der Waals surface area (Å²) in [5.74, 6) is 0. The summed E-state index contributed by atoms with van der Waals surface area (Å²) in [5.41, 5.74) is -0.0157. The zero-order valence-corrected chi connectivity index (χ0v) is 13.0. The number of benzene rings is 1. The number of amides is 2. The van der Waals surface area contributed by atoms with Gasteiger partial charge in [0.05, 0.1) is 0 Å². The fourth-order valence-corrected chi connectivity index (χ4v) is 2.51. The van der Waals surface area contributed by atoms with E-state index >= 15 is 0 Å². The summed E-state index contributed by atoms with van der Waals surface area (Å²) in [6.45, 7) is 2.79. The van der Waals surface area contributed by atoms with Crippen LogP contribution < -0.4 is 10.6 Å². The Hall–Kier alpha value is -1.76. The van der Waals surface area contributed by atoms with Gasteiger partial charge in [0.25, 0.3) is 0 Å². The monoisotopic (exact) mass is 330 g/mol. The topological polar surface area (TPSA) is 50.4 Å². The summed E-state index contributed by atoms with van der Waals surface area (Å²) in [6, 6.07) is 5.58. The average Bonchev–Trinajstić information content (AvgIpc) is 2.47. The molecule has 2 N–H and O–H groups in total. The predicted molar refractivity (Wildman–Crippen MR) is 80.1 cm³/mol. The number of carbonyl (C=O) groups excluding carboxylic acids is 1. The Labute approximate surface area is 133 Å². The number of alkyl halides is 3. The van der Waals surface area contributed by atoms with Crippen molar-refractivity contribution in [3.63, 3.8) is 0 Å². The summed E-state index contributed by atoms with van der Waals surface area (Å²) >= 11 is 0. The zero-order valence-electron chi connectivity index (χ0n) is 13.0. The molecule has 128 valence electrons. The molecule has 0 aromatic heterocycles. The Balaban J connectivity index is 1.98. The first kappa shape index (κ1) is 17.6. The first-order valence-electron chi connectivity index (χ1n) is 7.56. The van der Waals surface area contributed by atoms with E-state index < -0.39 is 23.8 Å². The van der Waals surface area contributed by atoms with Crippen molar-refractivity contribution in [2.45, 2.75) is 43.9 Å². The third-order valence-corrected chi connectivity index (χ3v) is 3.99. The molecule has 1 fully saturated rings. The molecule has 1 aliphatic rings. The Morgan fingerprint density at radius 2 is 1.87 bits per heavy atom. The molecule has 2 amide bonds. The molecule has 0 radical (unpaired) electrons. The molecule has 1 aromatic rings. The molecule has 1 atom stereocenters. The summed E-state index contributed by atoms with van der Waals surface area (Å²) in [6.07, 6.45) is -3.65. The third-order valence-electron chi connectivity index (χ3n) is 3.99. The fourth-order valence-electron chi connectivity index (χ4n) is 2.51. The van der Waals surface area contributed by atoms with Crippen molar-refractivity contribution in [2.24, 2.45) is 0 Å². The summed E-state index contributed by atoms with van der Waals surface area (Å²) < 4.78 is 44.7. The van der Waals surface area contributed by atoms with Crippen molar-refractivity contribution in [3.05, 3.63) is 35.9 Å². The van der Waals surface area contributed by atoms with Crippen LogP contribution in [0.15, 0.2) is 30.3 Å². The van der Waals surface area contributed by atoms with Crippen molar-refractivity contribution in [2.75, 3.05) is 13.2 Å². The van der Waals surface area contributed by atoms with E-state index in [1.54, 1.807) is 30.3 Å². The molecule has 1 saturated heterocycles. The zero-order chi connectivity index (χ0) is 16.9. The Morgan fingerprint density at radius 1 is 1.26 bits per heavy atom. The van der Waals surface area contributed by atoms with Gasteiger partial charge in [-0.3, -0.25) is 0 Å². The molecule has 2 rings (SSSR count). The molecule has 0 saturated carbocycles. The molecule has 7 heteroatoms. The second kappa shape index (κ2) is 7.21. The highest BCUT2D eigenvalue weighted by Crippen LogP contribution is 2.24. The van der Waals surface area contributed by atoms with Crippen LogP contribution in [0.3, 0.4) is 0 Å². The molecule has 0 unspecified atom stereocenters. The quantitative estimate of drug-likeness (QED) is 0.891. The van der Waals surface area contributed by atoms with Crippen LogP contribution in [0.4, 0.5) is 18.0 Å². The standard InChI is InChI=1S/C16H21F3N2O2/c1-15(7-9-23-10-8-15)21-14(22)20-13(16(17,18)19)11-12-5-3-2-4-6-12/h2-6,13H,7-11H2,1H3,(H2,20,21,22)/t13-/m1/s1. The van der Waals surface area contributed by atoms with E-state index in [1.165, 1.54) is 0 Å². The number of hydrogen-bond acceptors (Lipinski definition) is 2. The molecule has 1 heterocycles. The van der Waals surface area contributed by atoms with E-state index in [1.807, 2.05) is 6.92 Å². The van der Waals surface area contributed by atoms with Gasteiger partial charge in [-0.15, -0.1) is 0 Å². The maximum absolute atomic E-state index is 13.2. The van der Waals surface area contributed by atoms with Gasteiger partial charge in [-0.05, 0) is 25.3 Å². The molecular formula is C16H21F3N2O2. The van der Waals surface area contributed by atoms with Crippen LogP contribution >= 0.6 is 0 Å². The highest BCUT2D eigenvalue weighted by molar-refractivity contribution is 5.75. The van der Waals surface area contributed by atoms with Gasteiger partial charge in [-0.2, -0.15) is 13.2 Å². The van der Waals surface area contributed by atoms with Crippen LogP contribution in [-0.4, -0.2) is 37.0 Å². The van der Waals surface area contributed by atoms with E-state index in [2.05, 4.69) is 10.6 Å². The summed E-state index contributed by atoms with van der Waals surface area (Å²) in [7, 11) is 0. The van der Waals surface area contributed by atoms with E-state index in [9.17, 15) is 18.0 Å². The molecule has 23 heavy (non-hydrogen) atoms. The van der Waals surface area contributed by atoms with Crippen LogP contribution in [0.25, 0.3) is 0 Å². The SMILES string of the molecule is CC1(NC(=O)N[C@H](Cc2ccccc2)C(F)(F)F)CCOCC1.